The van der Waals surface area contributed by atoms with Crippen molar-refractivity contribution in [3.05, 3.63) is 23.2 Å². The third kappa shape index (κ3) is 4.22. The van der Waals surface area contributed by atoms with Crippen molar-refractivity contribution < 1.29 is 14.3 Å². The Kier molecular flexibility index (Phi) is 5.67. The highest BCUT2D eigenvalue weighted by atomic mass is 35.5. The number of hydrogen-bond donors (Lipinski definition) is 1. The van der Waals surface area contributed by atoms with Gasteiger partial charge in [-0.1, -0.05) is 11.6 Å². The van der Waals surface area contributed by atoms with Gasteiger partial charge in [0, 0.05) is 43.2 Å². The summed E-state index contributed by atoms with van der Waals surface area (Å²) in [6, 6.07) is 5.70. The lowest BCUT2D eigenvalue weighted by Crippen LogP contribution is -2.48. The van der Waals surface area contributed by atoms with Crippen LogP contribution in [-0.2, 0) is 9.59 Å². The summed E-state index contributed by atoms with van der Waals surface area (Å²) in [6.45, 7) is 2.95. The van der Waals surface area contributed by atoms with Crippen LogP contribution in [0.3, 0.4) is 0 Å². The number of piperidine rings is 1. The Labute approximate surface area is 171 Å². The fourth-order valence-corrected chi connectivity index (χ4v) is 4.47. The number of nitrogens with one attached hydrogen (secondary N) is 1. The molecule has 2 aliphatic heterocycles. The smallest absolute Gasteiger partial charge is 0.225 e. The summed E-state index contributed by atoms with van der Waals surface area (Å²) in [5.74, 6) is 1.25. The number of nitrogens with zero attached hydrogens (tertiary/aromatic N) is 2. The summed E-state index contributed by atoms with van der Waals surface area (Å²) in [5, 5.41) is 3.88. The number of rotatable bonds is 5. The minimum Gasteiger partial charge on any atom is -0.495 e. The van der Waals surface area contributed by atoms with Gasteiger partial charge in [0.15, 0.2) is 0 Å². The van der Waals surface area contributed by atoms with Crippen molar-refractivity contribution >= 4 is 29.1 Å². The molecule has 1 aromatic carbocycles. The molecule has 2 saturated heterocycles. The quantitative estimate of drug-likeness (QED) is 0.818. The van der Waals surface area contributed by atoms with Crippen LogP contribution in [0.25, 0.3) is 0 Å². The average molecular weight is 406 g/mol. The zero-order chi connectivity index (χ0) is 19.7. The zero-order valence-electron chi connectivity index (χ0n) is 16.3. The first kappa shape index (κ1) is 19.4. The highest BCUT2D eigenvalue weighted by Crippen LogP contribution is 2.34. The maximum atomic E-state index is 12.8. The van der Waals surface area contributed by atoms with Crippen LogP contribution in [0.4, 0.5) is 5.69 Å². The summed E-state index contributed by atoms with van der Waals surface area (Å²) in [4.78, 5) is 29.3. The number of carbonyl (C=O) groups excluding carboxylic acids is 2. The fraction of sp³-hybridized carbons (Fsp3) is 0.619. The molecular formula is C21H28ClN3O3. The average Bonchev–Trinajstić information content (AvgIpc) is 3.46. The Morgan fingerprint density at radius 2 is 1.93 bits per heavy atom. The SMILES string of the molecule is COc1ccc(Cl)cc1N1CCC(NC(=O)C2CCCN(C(=O)C3CC3)C2)C1. The Morgan fingerprint density at radius 1 is 1.11 bits per heavy atom. The second kappa shape index (κ2) is 8.19. The molecule has 3 fully saturated rings. The highest BCUT2D eigenvalue weighted by molar-refractivity contribution is 6.30. The molecule has 4 rings (SSSR count). The molecule has 0 bridgehead atoms. The predicted octanol–water partition coefficient (Wildman–Crippen LogP) is 2.69. The molecule has 0 aromatic heterocycles. The molecule has 2 atom stereocenters. The van der Waals surface area contributed by atoms with Crippen molar-refractivity contribution in [2.75, 3.05) is 38.2 Å². The third-order valence-corrected chi connectivity index (χ3v) is 6.28. The molecule has 2 unspecified atom stereocenters. The van der Waals surface area contributed by atoms with Gasteiger partial charge in [-0.15, -0.1) is 0 Å². The first-order valence-corrected chi connectivity index (χ1v) is 10.6. The number of likely N-dealkylation sites (tertiary alicyclic amines) is 1. The number of methoxy groups -OCH3 is 1. The summed E-state index contributed by atoms with van der Waals surface area (Å²) < 4.78 is 5.46. The Hall–Kier alpha value is -1.95. The molecule has 6 nitrogen and oxygen atoms in total. The fourth-order valence-electron chi connectivity index (χ4n) is 4.31. The molecule has 1 aliphatic carbocycles. The van der Waals surface area contributed by atoms with Crippen LogP contribution in [0.2, 0.25) is 5.02 Å². The van der Waals surface area contributed by atoms with Gasteiger partial charge in [-0.05, 0) is 50.3 Å². The van der Waals surface area contributed by atoms with Gasteiger partial charge in [-0.25, -0.2) is 0 Å². The van der Waals surface area contributed by atoms with Crippen LogP contribution in [-0.4, -0.2) is 56.0 Å². The lowest BCUT2D eigenvalue weighted by Gasteiger charge is -2.32. The van der Waals surface area contributed by atoms with Crippen molar-refractivity contribution in [2.45, 2.75) is 38.1 Å². The van der Waals surface area contributed by atoms with Crippen LogP contribution in [0.5, 0.6) is 5.75 Å². The van der Waals surface area contributed by atoms with Gasteiger partial charge in [-0.2, -0.15) is 0 Å². The second-order valence-corrected chi connectivity index (χ2v) is 8.59. The number of anilines is 1. The molecule has 2 amide bonds. The summed E-state index contributed by atoms with van der Waals surface area (Å²) in [7, 11) is 1.65. The van der Waals surface area contributed by atoms with Gasteiger partial charge >= 0.3 is 0 Å². The van der Waals surface area contributed by atoms with E-state index in [4.69, 9.17) is 16.3 Å². The van der Waals surface area contributed by atoms with E-state index in [0.29, 0.717) is 11.6 Å². The molecule has 7 heteroatoms. The number of ether oxygens (including phenoxy) is 1. The standard InChI is InChI=1S/C21H28ClN3O3/c1-28-19-7-6-16(22)11-18(19)24-10-8-17(13-24)23-20(26)15-3-2-9-25(12-15)21(27)14-4-5-14/h6-7,11,14-15,17H,2-5,8-10,12-13H2,1H3,(H,23,26). The van der Waals surface area contributed by atoms with Gasteiger partial charge in [-0.3, -0.25) is 9.59 Å². The first-order valence-electron chi connectivity index (χ1n) is 10.2. The minimum absolute atomic E-state index is 0.0817. The Balaban J connectivity index is 1.33. The van der Waals surface area contributed by atoms with Gasteiger partial charge in [0.1, 0.15) is 5.75 Å². The molecule has 0 spiro atoms. The van der Waals surface area contributed by atoms with Crippen LogP contribution >= 0.6 is 11.6 Å². The van der Waals surface area contributed by atoms with Crippen molar-refractivity contribution in [3.8, 4) is 5.75 Å². The van der Waals surface area contributed by atoms with E-state index in [0.717, 1.165) is 63.2 Å². The zero-order valence-corrected chi connectivity index (χ0v) is 17.1. The monoisotopic (exact) mass is 405 g/mol. The maximum Gasteiger partial charge on any atom is 0.225 e. The molecule has 0 radical (unpaired) electrons. The van der Waals surface area contributed by atoms with E-state index in [1.54, 1.807) is 7.11 Å². The molecule has 1 saturated carbocycles. The van der Waals surface area contributed by atoms with E-state index in [-0.39, 0.29) is 29.7 Å². The van der Waals surface area contributed by atoms with Gasteiger partial charge in [0.05, 0.1) is 18.7 Å². The molecule has 1 aromatic rings. The molecule has 28 heavy (non-hydrogen) atoms. The Morgan fingerprint density at radius 3 is 2.68 bits per heavy atom. The van der Waals surface area contributed by atoms with E-state index < -0.39 is 0 Å². The molecule has 2 heterocycles. The predicted molar refractivity (Wildman–Crippen MR) is 109 cm³/mol. The topological polar surface area (TPSA) is 61.9 Å². The van der Waals surface area contributed by atoms with Crippen LogP contribution in [0, 0.1) is 11.8 Å². The van der Waals surface area contributed by atoms with Crippen LogP contribution < -0.4 is 15.0 Å². The number of amides is 2. The van der Waals surface area contributed by atoms with E-state index in [1.165, 1.54) is 0 Å². The van der Waals surface area contributed by atoms with Crippen molar-refractivity contribution in [2.24, 2.45) is 11.8 Å². The number of carbonyl (C=O) groups is 2. The van der Waals surface area contributed by atoms with Crippen molar-refractivity contribution in [3.63, 3.8) is 0 Å². The van der Waals surface area contributed by atoms with Crippen molar-refractivity contribution in [1.82, 2.24) is 10.2 Å². The largest absolute Gasteiger partial charge is 0.495 e. The van der Waals surface area contributed by atoms with Crippen molar-refractivity contribution in [1.29, 1.82) is 0 Å². The van der Waals surface area contributed by atoms with E-state index >= 15 is 0 Å². The molecule has 3 aliphatic rings. The lowest BCUT2D eigenvalue weighted by molar-refractivity contribution is -0.136. The number of benzene rings is 1. The van der Waals surface area contributed by atoms with Gasteiger partial charge in [0.25, 0.3) is 0 Å². The number of halogens is 1. The lowest BCUT2D eigenvalue weighted by atomic mass is 9.96. The minimum atomic E-state index is -0.0915. The van der Waals surface area contributed by atoms with Gasteiger partial charge in [0.2, 0.25) is 11.8 Å². The van der Waals surface area contributed by atoms with Crippen LogP contribution in [0.15, 0.2) is 18.2 Å². The Bertz CT molecular complexity index is 752. The summed E-state index contributed by atoms with van der Waals surface area (Å²) >= 11 is 6.16. The molecule has 152 valence electrons. The highest BCUT2D eigenvalue weighted by Gasteiger charge is 2.37. The number of hydrogen-bond acceptors (Lipinski definition) is 4. The summed E-state index contributed by atoms with van der Waals surface area (Å²) in [5.41, 5.74) is 0.964. The third-order valence-electron chi connectivity index (χ3n) is 6.05. The van der Waals surface area contributed by atoms with Gasteiger partial charge < -0.3 is 19.9 Å². The van der Waals surface area contributed by atoms with E-state index in [9.17, 15) is 9.59 Å². The summed E-state index contributed by atoms with van der Waals surface area (Å²) in [6.07, 6.45) is 4.68. The second-order valence-electron chi connectivity index (χ2n) is 8.15. The molecular weight excluding hydrogens is 378 g/mol. The van der Waals surface area contributed by atoms with Crippen LogP contribution in [0.1, 0.15) is 32.1 Å². The first-order chi connectivity index (χ1) is 13.5. The van der Waals surface area contributed by atoms with E-state index in [1.807, 2.05) is 23.1 Å². The molecule has 1 N–H and O–H groups in total. The maximum absolute atomic E-state index is 12.8. The normalized spacial score (nSPS) is 24.9. The van der Waals surface area contributed by atoms with E-state index in [2.05, 4.69) is 10.2 Å².